The van der Waals surface area contributed by atoms with Crippen molar-refractivity contribution in [3.63, 3.8) is 0 Å². The van der Waals surface area contributed by atoms with Crippen molar-refractivity contribution in [1.29, 1.82) is 0 Å². The van der Waals surface area contributed by atoms with Gasteiger partial charge in [-0.3, -0.25) is 0 Å². The quantitative estimate of drug-likeness (QED) is 0.0896. The monoisotopic (exact) mass is 1460 g/mol. The van der Waals surface area contributed by atoms with E-state index in [1.54, 1.807) is 11.3 Å². The highest BCUT2D eigenvalue weighted by Gasteiger charge is 2.20. The van der Waals surface area contributed by atoms with Crippen molar-refractivity contribution in [3.8, 4) is 11.1 Å². The molecule has 0 aliphatic rings. The fourth-order valence-corrected chi connectivity index (χ4v) is 17.6. The third kappa shape index (κ3) is 14.6. The van der Waals surface area contributed by atoms with Crippen LogP contribution in [0.15, 0.2) is 418 Å². The van der Waals surface area contributed by atoms with Crippen molar-refractivity contribution in [2.75, 3.05) is 30.7 Å². The van der Waals surface area contributed by atoms with Gasteiger partial charge in [0.25, 0.3) is 0 Å². The van der Waals surface area contributed by atoms with E-state index in [2.05, 4.69) is 352 Å². The van der Waals surface area contributed by atoms with Crippen molar-refractivity contribution >= 4 is 191 Å². The molecule has 0 aliphatic carbocycles. The van der Waals surface area contributed by atoms with Gasteiger partial charge in [-0.2, -0.15) is 0 Å². The lowest BCUT2D eigenvalue weighted by Gasteiger charge is -2.27. The largest absolute Gasteiger partial charge is 0.356 e. The molecule has 0 amide bonds. The number of nitrogens with zero attached hydrogens (tertiary/aromatic N) is 3. The van der Waals surface area contributed by atoms with Crippen molar-refractivity contribution in [1.82, 2.24) is 0 Å². The van der Waals surface area contributed by atoms with E-state index in [9.17, 15) is 0 Å². The van der Waals surface area contributed by atoms with Crippen LogP contribution in [-0.4, -0.2) is 0 Å². The fraction of sp³-hybridized carbons (Fsp3) is 0. The Bertz CT molecular complexity index is 6760. The van der Waals surface area contributed by atoms with E-state index in [-0.39, 0.29) is 29.9 Å². The predicted octanol–water partition coefficient (Wildman–Crippen LogP) is 30.6. The molecule has 20 aromatic rings. The summed E-state index contributed by atoms with van der Waals surface area (Å²) in [6.45, 7) is 0. The third-order valence-electron chi connectivity index (χ3n) is 19.3. The molecule has 0 bridgehead atoms. The number of nitrogens with one attached hydrogen (secondary N) is 3. The number of hydrogen-bond acceptors (Lipinski definition) is 9. The molecule has 17 aromatic carbocycles. The zero-order valence-corrected chi connectivity index (χ0v) is 61.5. The number of thiophene rings is 3. The Morgan fingerprint density at radius 2 is 0.532 bits per heavy atom. The van der Waals surface area contributed by atoms with Crippen LogP contribution in [0.3, 0.4) is 0 Å². The Morgan fingerprint density at radius 3 is 0.963 bits per heavy atom. The highest BCUT2D eigenvalue weighted by molar-refractivity contribution is 7.26. The highest BCUT2D eigenvalue weighted by Crippen LogP contribution is 2.47. The summed E-state index contributed by atoms with van der Waals surface area (Å²) >= 11 is 5.39. The maximum absolute atomic E-state index is 8.27. The molecule has 0 atom stereocenters. The summed E-state index contributed by atoms with van der Waals surface area (Å²) in [7, 11) is 0. The van der Waals surface area contributed by atoms with Gasteiger partial charge in [0.05, 0.1) is 12.5 Å². The minimum Gasteiger partial charge on any atom is -0.356 e. The first-order valence-corrected chi connectivity index (χ1v) is 38.6. The van der Waals surface area contributed by atoms with Crippen LogP contribution in [0.4, 0.5) is 85.3 Å². The van der Waals surface area contributed by atoms with Gasteiger partial charge < -0.3 is 30.7 Å². The summed E-state index contributed by atoms with van der Waals surface area (Å²) in [6.07, 6.45) is 0. The SMILES string of the molecule is [2H]c1c([2H])c([2H])c(Nc2ccc3sc4cc(N(c5ccccc5)c5ccc(-c6ccccc6)cc5)ccc4c3c2)c([2H])c1[2H].c1ccc(Nc2ccc3sc4cc(N(c5ccccc5)c5cccc6ccccc56)ccc4c3c2)cc1.c1ccc(Nc2ccc3sc4cc(N(c5ccccc5)c5ccccc5)ccc4c3c2)cc1. The van der Waals surface area contributed by atoms with Crippen molar-refractivity contribution in [2.24, 2.45) is 0 Å². The molecular weight excluding hydrogens is 1380 g/mol. The number of anilines is 15. The van der Waals surface area contributed by atoms with Gasteiger partial charge in [-0.1, -0.05) is 224 Å². The summed E-state index contributed by atoms with van der Waals surface area (Å²) in [6, 6.07) is 134. The average Bonchev–Trinajstić information content (AvgIpc) is 1.55. The molecule has 0 fully saturated rings. The molecule has 0 saturated carbocycles. The molecule has 20 rings (SSSR count). The topological polar surface area (TPSA) is 45.8 Å². The molecule has 0 unspecified atom stereocenters. The molecule has 0 radical (unpaired) electrons. The molecule has 0 spiro atoms. The van der Waals surface area contributed by atoms with Crippen LogP contribution in [-0.2, 0) is 0 Å². The Balaban J connectivity index is 0.000000120. The van der Waals surface area contributed by atoms with Crippen molar-refractivity contribution in [3.05, 3.63) is 418 Å². The second kappa shape index (κ2) is 30.9. The summed E-state index contributed by atoms with van der Waals surface area (Å²) in [5, 5.41) is 19.9. The van der Waals surface area contributed by atoms with Gasteiger partial charge >= 0.3 is 0 Å². The molecule has 9 heteroatoms. The van der Waals surface area contributed by atoms with E-state index < -0.39 is 6.04 Å². The van der Waals surface area contributed by atoms with E-state index in [4.69, 9.17) is 6.85 Å². The first-order chi connectivity index (χ1) is 56.1. The van der Waals surface area contributed by atoms with Gasteiger partial charge in [-0.15, -0.1) is 34.0 Å². The second-order valence-corrected chi connectivity index (χ2v) is 29.6. The molecule has 109 heavy (non-hydrogen) atoms. The standard InChI is InChI=1S/C36H26N2S.C34H24N2S.C30H22N2S/c1-4-10-26(11-5-1)27-16-19-31(20-17-27)38(30-14-8-3-9-15-30)32-21-22-33-34-24-29(37-28-12-6-2-7-13-28)18-23-35(34)39-36(33)25-32;1-3-12-25(13-4-1)35-26-18-21-33-31(22-26)30-20-19-28(23-34(30)37-33)36(27-14-5-2-6-15-27)32-17-9-11-24-10-7-8-16-29(24)32;1-4-10-22(11-5-1)31-23-16-19-29-28(20-23)27-18-17-26(21-30(27)33-29)32(24-12-6-2-7-13-24)25-14-8-3-9-15-25/h1-25,37H;1-23,35H;1-21,31H/i2D,6D,7D,12D,13D;;. The summed E-state index contributed by atoms with van der Waals surface area (Å²) in [5.74, 6) is 0. The predicted molar refractivity (Wildman–Crippen MR) is 474 cm³/mol. The Kier molecular flexibility index (Phi) is 17.5. The van der Waals surface area contributed by atoms with E-state index in [1.807, 2.05) is 89.4 Å². The number of rotatable bonds is 16. The molecule has 6 nitrogen and oxygen atoms in total. The minimum absolute atomic E-state index is 0.0638. The number of benzene rings is 17. The minimum atomic E-state index is -0.405. The first kappa shape index (κ1) is 61.7. The Morgan fingerprint density at radius 1 is 0.202 bits per heavy atom. The molecule has 0 aliphatic heterocycles. The molecule has 3 aromatic heterocycles. The van der Waals surface area contributed by atoms with Crippen LogP contribution in [0.5, 0.6) is 0 Å². The highest BCUT2D eigenvalue weighted by atomic mass is 32.1. The lowest BCUT2D eigenvalue weighted by atomic mass is 10.0. The lowest BCUT2D eigenvalue weighted by Crippen LogP contribution is -2.10. The molecule has 0 saturated heterocycles. The van der Waals surface area contributed by atoms with E-state index >= 15 is 0 Å². The van der Waals surface area contributed by atoms with Gasteiger partial charge in [0, 0.05) is 146 Å². The second-order valence-electron chi connectivity index (χ2n) is 26.3. The van der Waals surface area contributed by atoms with Crippen LogP contribution >= 0.6 is 34.0 Å². The normalized spacial score (nSPS) is 11.8. The van der Waals surface area contributed by atoms with Crippen LogP contribution < -0.4 is 30.7 Å². The fourth-order valence-electron chi connectivity index (χ4n) is 14.2. The van der Waals surface area contributed by atoms with E-state index in [0.717, 1.165) is 94.0 Å². The Labute approximate surface area is 653 Å². The van der Waals surface area contributed by atoms with Gasteiger partial charge in [0.2, 0.25) is 0 Å². The molecular formula is C100H72N6S3. The summed E-state index contributed by atoms with van der Waals surface area (Å²) in [4.78, 5) is 6.94. The van der Waals surface area contributed by atoms with Gasteiger partial charge in [-0.05, 0) is 211 Å². The van der Waals surface area contributed by atoms with Crippen LogP contribution in [0.25, 0.3) is 82.4 Å². The number of fused-ring (bicyclic) bond motifs is 10. The first-order valence-electron chi connectivity index (χ1n) is 38.7. The zero-order chi connectivity index (χ0) is 77.0. The maximum atomic E-state index is 8.27. The third-order valence-corrected chi connectivity index (χ3v) is 22.7. The Hall–Kier alpha value is -13.5. The molecule has 3 heterocycles. The number of hydrogen-bond donors (Lipinski definition) is 3. The van der Waals surface area contributed by atoms with E-state index in [1.165, 1.54) is 62.4 Å². The van der Waals surface area contributed by atoms with Gasteiger partial charge in [0.1, 0.15) is 0 Å². The van der Waals surface area contributed by atoms with Gasteiger partial charge in [0.15, 0.2) is 0 Å². The molecule has 3 N–H and O–H groups in total. The number of para-hydroxylation sites is 7. The zero-order valence-electron chi connectivity index (χ0n) is 64.0. The van der Waals surface area contributed by atoms with Crippen molar-refractivity contribution in [2.45, 2.75) is 0 Å². The van der Waals surface area contributed by atoms with Crippen LogP contribution in [0.2, 0.25) is 0 Å². The summed E-state index contributed by atoms with van der Waals surface area (Å²) < 4.78 is 47.8. The van der Waals surface area contributed by atoms with Gasteiger partial charge in [-0.25, -0.2) is 0 Å². The molecule has 520 valence electrons. The average molecular weight is 1460 g/mol. The van der Waals surface area contributed by atoms with E-state index in [0.29, 0.717) is 5.69 Å². The van der Waals surface area contributed by atoms with Crippen molar-refractivity contribution < 1.29 is 6.85 Å². The summed E-state index contributed by atoms with van der Waals surface area (Å²) in [5.41, 5.74) is 17.6. The lowest BCUT2D eigenvalue weighted by molar-refractivity contribution is 1.29. The van der Waals surface area contributed by atoms with Crippen LogP contribution in [0.1, 0.15) is 6.85 Å². The smallest absolute Gasteiger partial charge is 0.0645 e. The van der Waals surface area contributed by atoms with Crippen LogP contribution in [0, 0.1) is 0 Å². The maximum Gasteiger partial charge on any atom is 0.0645 e.